The molecule has 1 aliphatic rings. The molecule has 0 N–H and O–H groups in total. The van der Waals surface area contributed by atoms with Crippen LogP contribution in [0.4, 0.5) is 0 Å². The van der Waals surface area contributed by atoms with E-state index < -0.39 is 0 Å². The monoisotopic (exact) mass is 467 g/mol. The van der Waals surface area contributed by atoms with Gasteiger partial charge in [0.05, 0.1) is 6.61 Å². The largest absolute Gasteiger partial charge is 0.462 e. The normalized spacial score (nSPS) is 18.4. The van der Waals surface area contributed by atoms with Crippen LogP contribution in [0.25, 0.3) is 0 Å². The highest BCUT2D eigenvalue weighted by atomic mass is 16.7. The molecule has 0 spiro atoms. The average Bonchev–Trinajstić information content (AvgIpc) is 2.69. The molecule has 0 radical (unpaired) electrons. The van der Waals surface area contributed by atoms with Crippen molar-refractivity contribution in [2.75, 3.05) is 6.61 Å². The van der Waals surface area contributed by atoms with Gasteiger partial charge in [0.1, 0.15) is 11.9 Å². The highest BCUT2D eigenvalue weighted by molar-refractivity contribution is 5.75. The second kappa shape index (κ2) is 15.9. The van der Waals surface area contributed by atoms with Gasteiger partial charge in [-0.3, -0.25) is 9.63 Å². The molecular weight excluding hydrogens is 414 g/mol. The zero-order valence-corrected chi connectivity index (χ0v) is 22.7. The van der Waals surface area contributed by atoms with E-state index in [0.29, 0.717) is 12.8 Å². The van der Waals surface area contributed by atoms with Crippen LogP contribution in [0.3, 0.4) is 0 Å². The van der Waals surface area contributed by atoms with Crippen LogP contribution in [-0.4, -0.2) is 40.6 Å². The highest BCUT2D eigenvalue weighted by Gasteiger charge is 2.47. The Labute approximate surface area is 204 Å². The molecule has 1 saturated heterocycles. The molecule has 0 aliphatic carbocycles. The summed E-state index contributed by atoms with van der Waals surface area (Å²) in [6.45, 7) is 13.4. The van der Waals surface area contributed by atoms with E-state index in [1.807, 2.05) is 0 Å². The van der Waals surface area contributed by atoms with Crippen LogP contribution in [-0.2, 0) is 19.2 Å². The fraction of sp³-hybridized carbons (Fsp3) is 0.929. The van der Waals surface area contributed by atoms with Crippen molar-refractivity contribution >= 4 is 11.8 Å². The molecule has 0 atom stereocenters. The van der Waals surface area contributed by atoms with E-state index in [1.165, 1.54) is 32.1 Å². The van der Waals surface area contributed by atoms with Gasteiger partial charge in [0, 0.05) is 36.8 Å². The van der Waals surface area contributed by atoms with Crippen molar-refractivity contribution < 1.29 is 19.2 Å². The first-order chi connectivity index (χ1) is 15.6. The maximum absolute atomic E-state index is 12.4. The van der Waals surface area contributed by atoms with Gasteiger partial charge in [-0.15, -0.1) is 0 Å². The molecule has 0 unspecified atom stereocenters. The first-order valence-electron chi connectivity index (χ1n) is 13.7. The quantitative estimate of drug-likeness (QED) is 0.154. The van der Waals surface area contributed by atoms with Gasteiger partial charge < -0.3 is 9.53 Å². The van der Waals surface area contributed by atoms with E-state index >= 15 is 0 Å². The number of hydrogen-bond donors (Lipinski definition) is 0. The van der Waals surface area contributed by atoms with Crippen molar-refractivity contribution in [3.05, 3.63) is 0 Å². The van der Waals surface area contributed by atoms with Crippen LogP contribution in [0.15, 0.2) is 0 Å². The van der Waals surface area contributed by atoms with Crippen LogP contribution in [0, 0.1) is 0 Å². The number of Topliss-reactive ketones (excluding diaryl/α,β-unsaturated/α-hetero) is 1. The average molecular weight is 468 g/mol. The fourth-order valence-corrected chi connectivity index (χ4v) is 5.24. The molecule has 5 heteroatoms. The molecule has 1 heterocycles. The van der Waals surface area contributed by atoms with Gasteiger partial charge in [-0.1, -0.05) is 64.7 Å². The molecular formula is C28H53NO4. The van der Waals surface area contributed by atoms with E-state index in [1.54, 1.807) is 6.92 Å². The predicted octanol–water partition coefficient (Wildman–Crippen LogP) is 7.55. The summed E-state index contributed by atoms with van der Waals surface area (Å²) in [6, 6.07) is 0. The number of ketones is 1. The topological polar surface area (TPSA) is 55.8 Å². The van der Waals surface area contributed by atoms with Crippen molar-refractivity contribution in [1.29, 1.82) is 0 Å². The van der Waals surface area contributed by atoms with E-state index in [9.17, 15) is 9.59 Å². The van der Waals surface area contributed by atoms with Crippen molar-refractivity contribution in [3.8, 4) is 0 Å². The maximum atomic E-state index is 12.4. The SMILES string of the molecule is CCCCCCCCON1C(C)(C)CC(OC(=O)CCCCCCCCC(C)=O)CC1(C)C. The number of hydroxylamine groups is 2. The van der Waals surface area contributed by atoms with Crippen LogP contribution < -0.4 is 0 Å². The molecule has 194 valence electrons. The molecule has 0 amide bonds. The summed E-state index contributed by atoms with van der Waals surface area (Å²) in [5, 5.41) is 2.17. The Bertz CT molecular complexity index is 540. The van der Waals surface area contributed by atoms with Gasteiger partial charge in [0.15, 0.2) is 0 Å². The number of unbranched alkanes of at least 4 members (excludes halogenated alkanes) is 10. The van der Waals surface area contributed by atoms with Gasteiger partial charge in [-0.25, -0.2) is 0 Å². The second-order valence-electron chi connectivity index (χ2n) is 11.4. The Kier molecular flexibility index (Phi) is 14.5. The van der Waals surface area contributed by atoms with Gasteiger partial charge >= 0.3 is 5.97 Å². The molecule has 33 heavy (non-hydrogen) atoms. The number of carbonyl (C=O) groups is 2. The fourth-order valence-electron chi connectivity index (χ4n) is 5.24. The molecule has 0 aromatic rings. The number of piperidine rings is 1. The number of rotatable bonds is 18. The first-order valence-corrected chi connectivity index (χ1v) is 13.7. The van der Waals surface area contributed by atoms with Crippen LogP contribution in [0.1, 0.15) is 144 Å². The zero-order chi connectivity index (χ0) is 24.7. The molecule has 0 aromatic carbocycles. The number of nitrogens with zero attached hydrogens (tertiary/aromatic N) is 1. The third-order valence-corrected chi connectivity index (χ3v) is 6.73. The molecule has 0 bridgehead atoms. The minimum absolute atomic E-state index is 0.0528. The summed E-state index contributed by atoms with van der Waals surface area (Å²) in [7, 11) is 0. The van der Waals surface area contributed by atoms with Gasteiger partial charge in [-0.05, 0) is 53.9 Å². The van der Waals surface area contributed by atoms with Gasteiger partial charge in [0.2, 0.25) is 0 Å². The molecule has 5 nitrogen and oxygen atoms in total. The number of ether oxygens (including phenoxy) is 1. The summed E-state index contributed by atoms with van der Waals surface area (Å²) in [5.41, 5.74) is -0.344. The van der Waals surface area contributed by atoms with E-state index in [2.05, 4.69) is 39.7 Å². The van der Waals surface area contributed by atoms with E-state index in [4.69, 9.17) is 9.57 Å². The zero-order valence-electron chi connectivity index (χ0n) is 22.7. The maximum Gasteiger partial charge on any atom is 0.306 e. The smallest absolute Gasteiger partial charge is 0.306 e. The second-order valence-corrected chi connectivity index (χ2v) is 11.4. The molecule has 0 saturated carbocycles. The molecule has 0 aromatic heterocycles. The molecule has 1 fully saturated rings. The lowest BCUT2D eigenvalue weighted by molar-refractivity contribution is -0.293. The number of hydrogen-bond acceptors (Lipinski definition) is 5. The summed E-state index contributed by atoms with van der Waals surface area (Å²) >= 11 is 0. The minimum Gasteiger partial charge on any atom is -0.462 e. The van der Waals surface area contributed by atoms with Gasteiger partial charge in [0.25, 0.3) is 0 Å². The van der Waals surface area contributed by atoms with Crippen LogP contribution in [0.5, 0.6) is 0 Å². The third kappa shape index (κ3) is 12.9. The number of esters is 1. The van der Waals surface area contributed by atoms with Crippen molar-refractivity contribution in [1.82, 2.24) is 5.06 Å². The lowest BCUT2D eigenvalue weighted by Gasteiger charge is -2.53. The lowest BCUT2D eigenvalue weighted by Crippen LogP contribution is -2.62. The van der Waals surface area contributed by atoms with Crippen molar-refractivity contribution in [2.24, 2.45) is 0 Å². The highest BCUT2D eigenvalue weighted by Crippen LogP contribution is 2.40. The van der Waals surface area contributed by atoms with Crippen LogP contribution in [0.2, 0.25) is 0 Å². The summed E-state index contributed by atoms with van der Waals surface area (Å²) in [4.78, 5) is 29.7. The molecule has 1 aliphatic heterocycles. The Morgan fingerprint density at radius 2 is 1.24 bits per heavy atom. The Hall–Kier alpha value is -0.940. The Morgan fingerprint density at radius 3 is 1.79 bits per heavy atom. The number of carbonyl (C=O) groups excluding carboxylic acids is 2. The minimum atomic E-state index is -0.172. The Morgan fingerprint density at radius 1 is 0.758 bits per heavy atom. The third-order valence-electron chi connectivity index (χ3n) is 6.73. The summed E-state index contributed by atoms with van der Waals surface area (Å²) < 4.78 is 5.90. The summed E-state index contributed by atoms with van der Waals surface area (Å²) in [6.07, 6.45) is 16.6. The van der Waals surface area contributed by atoms with Crippen molar-refractivity contribution in [2.45, 2.75) is 161 Å². The van der Waals surface area contributed by atoms with E-state index in [-0.39, 0.29) is 28.9 Å². The summed E-state index contributed by atoms with van der Waals surface area (Å²) in [5.74, 6) is 0.212. The van der Waals surface area contributed by atoms with Crippen molar-refractivity contribution in [3.63, 3.8) is 0 Å². The Balaban J connectivity index is 2.29. The predicted molar refractivity (Wildman–Crippen MR) is 136 cm³/mol. The van der Waals surface area contributed by atoms with E-state index in [0.717, 1.165) is 64.4 Å². The standard InChI is InChI=1S/C28H53NO4/c1-7-8-9-10-15-18-21-32-29-27(3,4)22-25(23-28(29,5)6)33-26(31)20-17-14-12-11-13-16-19-24(2)30/h25H,7-23H2,1-6H3. The lowest BCUT2D eigenvalue weighted by atomic mass is 9.80. The van der Waals surface area contributed by atoms with Crippen LogP contribution >= 0.6 is 0 Å². The van der Waals surface area contributed by atoms with Gasteiger partial charge in [-0.2, -0.15) is 5.06 Å². The first kappa shape index (κ1) is 30.1. The molecule has 1 rings (SSSR count).